The van der Waals surface area contributed by atoms with Crippen LogP contribution in [0.5, 0.6) is 0 Å². The first kappa shape index (κ1) is 16.5. The van der Waals surface area contributed by atoms with E-state index in [9.17, 15) is 5.11 Å². The van der Waals surface area contributed by atoms with Crippen molar-refractivity contribution in [2.75, 3.05) is 33.3 Å². The summed E-state index contributed by atoms with van der Waals surface area (Å²) in [7, 11) is 1.94. The number of nitrogens with zero attached hydrogens (tertiary/aromatic N) is 1. The molecule has 1 saturated heterocycles. The van der Waals surface area contributed by atoms with Gasteiger partial charge in [0.1, 0.15) is 0 Å². The minimum atomic E-state index is -0.367. The minimum absolute atomic E-state index is 0.115. The highest BCUT2D eigenvalue weighted by molar-refractivity contribution is 5.25. The molecule has 1 aliphatic heterocycles. The van der Waals surface area contributed by atoms with Crippen molar-refractivity contribution >= 4 is 0 Å². The number of aliphatic hydroxyl groups excluding tert-OH is 1. The predicted octanol–water partition coefficient (Wildman–Crippen LogP) is 2.46. The molecule has 118 valence electrons. The number of nitrogens with one attached hydrogen (secondary N) is 1. The minimum Gasteiger partial charge on any atom is -0.394 e. The van der Waals surface area contributed by atoms with Gasteiger partial charge in [0.15, 0.2) is 0 Å². The maximum Gasteiger partial charge on any atom is 0.0795 e. The van der Waals surface area contributed by atoms with Gasteiger partial charge in [-0.15, -0.1) is 0 Å². The molecular weight excluding hydrogens is 260 g/mol. The third kappa shape index (κ3) is 3.65. The van der Waals surface area contributed by atoms with Gasteiger partial charge in [-0.3, -0.25) is 0 Å². The molecule has 1 fully saturated rings. The van der Waals surface area contributed by atoms with Crippen molar-refractivity contribution in [3.8, 4) is 0 Å². The van der Waals surface area contributed by atoms with E-state index in [0.717, 1.165) is 31.1 Å². The number of benzene rings is 1. The maximum absolute atomic E-state index is 10.0. The fraction of sp³-hybridized carbons (Fsp3) is 0.667. The Kier molecular flexibility index (Phi) is 5.07. The zero-order chi connectivity index (χ0) is 15.5. The van der Waals surface area contributed by atoms with Gasteiger partial charge in [-0.25, -0.2) is 0 Å². The highest BCUT2D eigenvalue weighted by Gasteiger charge is 2.37. The molecule has 1 aromatic rings. The van der Waals surface area contributed by atoms with E-state index in [1.54, 1.807) is 0 Å². The van der Waals surface area contributed by atoms with Gasteiger partial charge >= 0.3 is 0 Å². The van der Waals surface area contributed by atoms with E-state index in [-0.39, 0.29) is 12.1 Å². The first-order valence-electron chi connectivity index (χ1n) is 7.99. The van der Waals surface area contributed by atoms with Gasteiger partial charge in [-0.05, 0) is 36.9 Å². The molecule has 2 atom stereocenters. The van der Waals surface area contributed by atoms with Crippen molar-refractivity contribution in [2.24, 2.45) is 11.3 Å². The second-order valence-electron chi connectivity index (χ2n) is 7.44. The number of aliphatic hydroxyl groups is 1. The lowest BCUT2D eigenvalue weighted by molar-refractivity contribution is 0.117. The molecule has 0 saturated carbocycles. The number of rotatable bonds is 5. The Morgan fingerprint density at radius 3 is 2.38 bits per heavy atom. The van der Waals surface area contributed by atoms with Crippen LogP contribution in [0.3, 0.4) is 0 Å². The largest absolute Gasteiger partial charge is 0.394 e. The smallest absolute Gasteiger partial charge is 0.0795 e. The van der Waals surface area contributed by atoms with E-state index in [1.807, 2.05) is 25.2 Å². The van der Waals surface area contributed by atoms with E-state index in [1.165, 1.54) is 6.42 Å². The third-order valence-electron chi connectivity index (χ3n) is 5.07. The Morgan fingerprint density at radius 1 is 1.24 bits per heavy atom. The average Bonchev–Trinajstić information content (AvgIpc) is 2.94. The molecule has 1 aliphatic rings. The van der Waals surface area contributed by atoms with Crippen molar-refractivity contribution in [3.63, 3.8) is 0 Å². The normalized spacial score (nSPS) is 23.2. The molecule has 0 aromatic heterocycles. The highest BCUT2D eigenvalue weighted by Crippen LogP contribution is 2.35. The lowest BCUT2D eigenvalue weighted by Crippen LogP contribution is -2.52. The monoisotopic (exact) mass is 290 g/mol. The summed E-state index contributed by atoms with van der Waals surface area (Å²) in [5.74, 6) is 0.738. The van der Waals surface area contributed by atoms with Crippen molar-refractivity contribution in [2.45, 2.75) is 32.7 Å². The maximum atomic E-state index is 10.0. The van der Waals surface area contributed by atoms with Gasteiger partial charge in [0.05, 0.1) is 12.1 Å². The Bertz CT molecular complexity index is 434. The summed E-state index contributed by atoms with van der Waals surface area (Å²) in [6, 6.07) is 10.3. The van der Waals surface area contributed by atoms with Crippen LogP contribution in [0.15, 0.2) is 30.3 Å². The van der Waals surface area contributed by atoms with Gasteiger partial charge in [-0.1, -0.05) is 51.1 Å². The van der Waals surface area contributed by atoms with E-state index >= 15 is 0 Å². The van der Waals surface area contributed by atoms with Crippen LogP contribution in [-0.4, -0.2) is 43.3 Å². The zero-order valence-corrected chi connectivity index (χ0v) is 13.9. The Morgan fingerprint density at radius 2 is 1.90 bits per heavy atom. The van der Waals surface area contributed by atoms with Crippen LogP contribution in [0.1, 0.15) is 32.8 Å². The quantitative estimate of drug-likeness (QED) is 0.874. The topological polar surface area (TPSA) is 35.5 Å². The summed E-state index contributed by atoms with van der Waals surface area (Å²) < 4.78 is 0. The summed E-state index contributed by atoms with van der Waals surface area (Å²) in [6.07, 6.45) is 1.25. The van der Waals surface area contributed by atoms with Gasteiger partial charge in [-0.2, -0.15) is 0 Å². The first-order chi connectivity index (χ1) is 9.91. The van der Waals surface area contributed by atoms with Crippen LogP contribution < -0.4 is 5.32 Å². The van der Waals surface area contributed by atoms with Crippen molar-refractivity contribution in [1.82, 2.24) is 10.2 Å². The summed E-state index contributed by atoms with van der Waals surface area (Å²) in [4.78, 5) is 2.50. The third-order valence-corrected chi connectivity index (χ3v) is 5.07. The van der Waals surface area contributed by atoms with Crippen LogP contribution >= 0.6 is 0 Å². The van der Waals surface area contributed by atoms with Crippen LogP contribution in [-0.2, 0) is 5.54 Å². The molecule has 1 aromatic carbocycles. The SMILES string of the molecule is CNC(CO)(CN1CCC(C(C)(C)C)C1)c1ccccc1. The van der Waals surface area contributed by atoms with Gasteiger partial charge in [0.2, 0.25) is 0 Å². The summed E-state index contributed by atoms with van der Waals surface area (Å²) in [6.45, 7) is 10.2. The zero-order valence-electron chi connectivity index (χ0n) is 13.9. The Labute approximate surface area is 129 Å². The fourth-order valence-electron chi connectivity index (χ4n) is 3.36. The van der Waals surface area contributed by atoms with Crippen LogP contribution in [0, 0.1) is 11.3 Å². The first-order valence-corrected chi connectivity index (χ1v) is 7.99. The van der Waals surface area contributed by atoms with E-state index in [0.29, 0.717) is 5.41 Å². The van der Waals surface area contributed by atoms with Gasteiger partial charge < -0.3 is 15.3 Å². The fourth-order valence-corrected chi connectivity index (χ4v) is 3.36. The van der Waals surface area contributed by atoms with E-state index in [2.05, 4.69) is 43.1 Å². The molecule has 3 heteroatoms. The number of likely N-dealkylation sites (tertiary alicyclic amines) is 1. The molecule has 1 heterocycles. The Balaban J connectivity index is 2.12. The van der Waals surface area contributed by atoms with Crippen LogP contribution in [0.4, 0.5) is 0 Å². The predicted molar refractivity (Wildman–Crippen MR) is 88.3 cm³/mol. The lowest BCUT2D eigenvalue weighted by atomic mass is 9.80. The molecule has 0 radical (unpaired) electrons. The molecule has 2 N–H and O–H groups in total. The molecule has 3 nitrogen and oxygen atoms in total. The van der Waals surface area contributed by atoms with Crippen molar-refractivity contribution < 1.29 is 5.11 Å². The summed E-state index contributed by atoms with van der Waals surface area (Å²) >= 11 is 0. The van der Waals surface area contributed by atoms with E-state index in [4.69, 9.17) is 0 Å². The highest BCUT2D eigenvalue weighted by atomic mass is 16.3. The van der Waals surface area contributed by atoms with E-state index < -0.39 is 0 Å². The molecule has 2 rings (SSSR count). The standard InChI is InChI=1S/C18H30N2O/c1-17(2,3)16-10-11-20(12-16)13-18(14-21,19-4)15-8-6-5-7-9-15/h5-9,16,19,21H,10-14H2,1-4H3. The summed E-state index contributed by atoms with van der Waals surface area (Å²) in [5, 5.41) is 13.4. The molecule has 0 bridgehead atoms. The molecule has 2 unspecified atom stereocenters. The van der Waals surface area contributed by atoms with Crippen molar-refractivity contribution in [3.05, 3.63) is 35.9 Å². The second-order valence-corrected chi connectivity index (χ2v) is 7.44. The molecular formula is C18H30N2O. The average molecular weight is 290 g/mol. The van der Waals surface area contributed by atoms with Crippen LogP contribution in [0.2, 0.25) is 0 Å². The summed E-state index contributed by atoms with van der Waals surface area (Å²) in [5.41, 5.74) is 1.16. The van der Waals surface area contributed by atoms with Crippen LogP contribution in [0.25, 0.3) is 0 Å². The lowest BCUT2D eigenvalue weighted by Gasteiger charge is -2.36. The van der Waals surface area contributed by atoms with Gasteiger partial charge in [0.25, 0.3) is 0 Å². The molecule has 0 aliphatic carbocycles. The Hall–Kier alpha value is -0.900. The number of likely N-dealkylation sites (N-methyl/N-ethyl adjacent to an activating group) is 1. The number of hydrogen-bond acceptors (Lipinski definition) is 3. The van der Waals surface area contributed by atoms with Gasteiger partial charge in [0, 0.05) is 13.1 Å². The number of hydrogen-bond donors (Lipinski definition) is 2. The molecule has 21 heavy (non-hydrogen) atoms. The van der Waals surface area contributed by atoms with Crippen molar-refractivity contribution in [1.29, 1.82) is 0 Å². The molecule has 0 spiro atoms. The molecule has 0 amide bonds. The second kappa shape index (κ2) is 6.47.